The number of nitrogens with zero attached hydrogens (tertiary/aromatic N) is 1. The number of carbonyl (C=O) groups excluding carboxylic acids is 1. The molecular weight excluding hydrogens is 316 g/mol. The van der Waals surface area contributed by atoms with Crippen molar-refractivity contribution < 1.29 is 4.79 Å². The van der Waals surface area contributed by atoms with E-state index in [1.807, 2.05) is 25.1 Å². The third-order valence-electron chi connectivity index (χ3n) is 3.44. The van der Waals surface area contributed by atoms with Crippen LogP contribution in [0.15, 0.2) is 23.3 Å². The first kappa shape index (κ1) is 17.0. The van der Waals surface area contributed by atoms with Gasteiger partial charge in [-0.25, -0.2) is 5.43 Å². The molecule has 22 heavy (non-hydrogen) atoms. The Morgan fingerprint density at radius 1 is 1.36 bits per heavy atom. The normalized spacial score (nSPS) is 11.4. The highest BCUT2D eigenvalue weighted by molar-refractivity contribution is 7.21. The lowest BCUT2D eigenvalue weighted by molar-refractivity contribution is 0.0959. The number of aryl methyl sites for hydroxylation is 1. The number of fused-ring (bicyclic) bond motifs is 1. The minimum absolute atomic E-state index is 0.242. The summed E-state index contributed by atoms with van der Waals surface area (Å²) in [5, 5.41) is 5.43. The standard InChI is InChI=1S/C17H21ClN2OS/c1-3-4-5-6-7-10-19-20-17(21)16-15(18)13-9-8-12(2)11-14(13)22-16/h8-11H,3-7H2,1-2H3,(H,20,21)/b19-10+. The number of thiophene rings is 1. The summed E-state index contributed by atoms with van der Waals surface area (Å²) in [6.45, 7) is 4.21. The Hall–Kier alpha value is -1.39. The fourth-order valence-corrected chi connectivity index (χ4v) is 3.71. The summed E-state index contributed by atoms with van der Waals surface area (Å²) in [6.07, 6.45) is 7.43. The van der Waals surface area contributed by atoms with Crippen molar-refractivity contribution in [3.63, 3.8) is 0 Å². The van der Waals surface area contributed by atoms with Crippen LogP contribution in [0.2, 0.25) is 5.02 Å². The number of halogens is 1. The lowest BCUT2D eigenvalue weighted by Gasteiger charge is -1.97. The van der Waals surface area contributed by atoms with E-state index in [1.165, 1.54) is 30.6 Å². The molecule has 1 amide bonds. The average Bonchev–Trinajstić information content (AvgIpc) is 2.82. The predicted octanol–water partition coefficient (Wildman–Crippen LogP) is 5.55. The fraction of sp³-hybridized carbons (Fsp3) is 0.412. The third kappa shape index (κ3) is 4.31. The van der Waals surface area contributed by atoms with Gasteiger partial charge < -0.3 is 0 Å². The molecule has 1 N–H and O–H groups in total. The van der Waals surface area contributed by atoms with Crippen LogP contribution in [0, 0.1) is 6.92 Å². The Balaban J connectivity index is 1.95. The number of amides is 1. The van der Waals surface area contributed by atoms with E-state index in [0.29, 0.717) is 9.90 Å². The van der Waals surface area contributed by atoms with E-state index >= 15 is 0 Å². The topological polar surface area (TPSA) is 41.5 Å². The number of rotatable bonds is 7. The van der Waals surface area contributed by atoms with Crippen LogP contribution >= 0.6 is 22.9 Å². The van der Waals surface area contributed by atoms with E-state index in [-0.39, 0.29) is 5.91 Å². The second-order valence-corrected chi connectivity index (χ2v) is 6.78. The number of hydrazone groups is 1. The van der Waals surface area contributed by atoms with E-state index in [9.17, 15) is 4.79 Å². The summed E-state index contributed by atoms with van der Waals surface area (Å²) in [6, 6.07) is 5.99. The summed E-state index contributed by atoms with van der Waals surface area (Å²) >= 11 is 7.70. The van der Waals surface area contributed by atoms with Gasteiger partial charge in [-0.15, -0.1) is 11.3 Å². The molecule has 0 spiro atoms. The van der Waals surface area contributed by atoms with Crippen LogP contribution in [0.25, 0.3) is 10.1 Å². The zero-order valence-corrected chi connectivity index (χ0v) is 14.6. The number of hydrogen-bond acceptors (Lipinski definition) is 3. The quantitative estimate of drug-likeness (QED) is 0.402. The predicted molar refractivity (Wildman–Crippen MR) is 96.3 cm³/mol. The van der Waals surface area contributed by atoms with Gasteiger partial charge in [0.1, 0.15) is 4.88 Å². The van der Waals surface area contributed by atoms with Crippen molar-refractivity contribution in [2.24, 2.45) is 5.10 Å². The van der Waals surface area contributed by atoms with Crippen molar-refractivity contribution in [2.45, 2.75) is 46.0 Å². The first-order valence-electron chi connectivity index (χ1n) is 7.64. The van der Waals surface area contributed by atoms with Crippen LogP contribution in [0.5, 0.6) is 0 Å². The second-order valence-electron chi connectivity index (χ2n) is 5.35. The maximum Gasteiger partial charge on any atom is 0.282 e. The summed E-state index contributed by atoms with van der Waals surface area (Å²) in [7, 11) is 0. The Kier molecular flexibility index (Phi) is 6.40. The number of unbranched alkanes of at least 4 members (excludes halogenated alkanes) is 4. The van der Waals surface area contributed by atoms with Gasteiger partial charge in [0.2, 0.25) is 0 Å². The van der Waals surface area contributed by atoms with Crippen molar-refractivity contribution in [1.29, 1.82) is 0 Å². The number of carbonyl (C=O) groups is 1. The molecule has 0 aliphatic carbocycles. The van der Waals surface area contributed by atoms with Gasteiger partial charge in [-0.3, -0.25) is 4.79 Å². The Morgan fingerprint density at radius 3 is 2.95 bits per heavy atom. The monoisotopic (exact) mass is 336 g/mol. The number of benzene rings is 1. The highest BCUT2D eigenvalue weighted by atomic mass is 35.5. The molecule has 1 aromatic heterocycles. The maximum atomic E-state index is 12.2. The molecule has 0 fully saturated rings. The van der Waals surface area contributed by atoms with Crippen LogP contribution in [0.1, 0.15) is 54.3 Å². The molecule has 118 valence electrons. The molecule has 5 heteroatoms. The molecule has 1 heterocycles. The van der Waals surface area contributed by atoms with Crippen molar-refractivity contribution in [2.75, 3.05) is 0 Å². The van der Waals surface area contributed by atoms with Crippen molar-refractivity contribution in [3.8, 4) is 0 Å². The average molecular weight is 337 g/mol. The van der Waals surface area contributed by atoms with Gasteiger partial charge in [0.05, 0.1) is 5.02 Å². The molecule has 0 atom stereocenters. The molecule has 0 radical (unpaired) electrons. The molecule has 0 aliphatic heterocycles. The van der Waals surface area contributed by atoms with Gasteiger partial charge in [-0.2, -0.15) is 5.10 Å². The smallest absolute Gasteiger partial charge is 0.266 e. The summed E-state index contributed by atoms with van der Waals surface area (Å²) in [5.74, 6) is -0.242. The molecule has 0 saturated carbocycles. The zero-order valence-electron chi connectivity index (χ0n) is 13.0. The van der Waals surface area contributed by atoms with Crippen LogP contribution in [0.4, 0.5) is 0 Å². The van der Waals surface area contributed by atoms with Crippen molar-refractivity contribution in [1.82, 2.24) is 5.43 Å². The highest BCUT2D eigenvalue weighted by Crippen LogP contribution is 2.35. The third-order valence-corrected chi connectivity index (χ3v) is 5.09. The lowest BCUT2D eigenvalue weighted by atomic mass is 10.2. The van der Waals surface area contributed by atoms with Gasteiger partial charge in [-0.05, 0) is 31.4 Å². The van der Waals surface area contributed by atoms with E-state index in [0.717, 1.165) is 28.5 Å². The second kappa shape index (κ2) is 8.30. The first-order chi connectivity index (χ1) is 10.6. The first-order valence-corrected chi connectivity index (χ1v) is 8.83. The molecule has 0 aliphatic rings. The SMILES string of the molecule is CCCCCC/C=N/NC(=O)c1sc2cc(C)ccc2c1Cl. The minimum Gasteiger partial charge on any atom is -0.266 e. The molecule has 2 rings (SSSR count). The molecule has 0 saturated heterocycles. The lowest BCUT2D eigenvalue weighted by Crippen LogP contribution is -2.16. The van der Waals surface area contributed by atoms with E-state index in [4.69, 9.17) is 11.6 Å². The van der Waals surface area contributed by atoms with E-state index in [1.54, 1.807) is 6.21 Å². The number of nitrogens with one attached hydrogen (secondary N) is 1. The van der Waals surface area contributed by atoms with Crippen LogP contribution < -0.4 is 5.43 Å². The Bertz CT molecular complexity index is 679. The summed E-state index contributed by atoms with van der Waals surface area (Å²) < 4.78 is 1.03. The maximum absolute atomic E-state index is 12.2. The van der Waals surface area contributed by atoms with E-state index in [2.05, 4.69) is 17.5 Å². The number of hydrogen-bond donors (Lipinski definition) is 1. The van der Waals surface area contributed by atoms with Gasteiger partial charge in [0, 0.05) is 16.3 Å². The molecule has 1 aromatic carbocycles. The largest absolute Gasteiger partial charge is 0.282 e. The summed E-state index contributed by atoms with van der Waals surface area (Å²) in [4.78, 5) is 12.7. The van der Waals surface area contributed by atoms with Crippen molar-refractivity contribution >= 4 is 45.1 Å². The zero-order chi connectivity index (χ0) is 15.9. The van der Waals surface area contributed by atoms with Gasteiger partial charge >= 0.3 is 0 Å². The van der Waals surface area contributed by atoms with Crippen LogP contribution in [0.3, 0.4) is 0 Å². The van der Waals surface area contributed by atoms with Gasteiger partial charge in [0.25, 0.3) is 5.91 Å². The molecule has 0 unspecified atom stereocenters. The molecule has 3 nitrogen and oxygen atoms in total. The molecule has 2 aromatic rings. The molecular formula is C17H21ClN2OS. The minimum atomic E-state index is -0.242. The fourth-order valence-electron chi connectivity index (χ4n) is 2.20. The Morgan fingerprint density at radius 2 is 2.18 bits per heavy atom. The summed E-state index contributed by atoms with van der Waals surface area (Å²) in [5.41, 5.74) is 3.72. The van der Waals surface area contributed by atoms with E-state index < -0.39 is 0 Å². The molecule has 0 bridgehead atoms. The van der Waals surface area contributed by atoms with Crippen LogP contribution in [-0.4, -0.2) is 12.1 Å². The van der Waals surface area contributed by atoms with Crippen molar-refractivity contribution in [3.05, 3.63) is 33.7 Å². The van der Waals surface area contributed by atoms with Crippen LogP contribution in [-0.2, 0) is 0 Å². The highest BCUT2D eigenvalue weighted by Gasteiger charge is 2.16. The van der Waals surface area contributed by atoms with Gasteiger partial charge in [0.15, 0.2) is 0 Å². The van der Waals surface area contributed by atoms with Gasteiger partial charge in [-0.1, -0.05) is 49.9 Å². The Labute approximate surface area is 140 Å².